The van der Waals surface area contributed by atoms with Crippen LogP contribution in [0.2, 0.25) is 0 Å². The van der Waals surface area contributed by atoms with Gasteiger partial charge >= 0.3 is 5.97 Å². The predicted octanol–water partition coefficient (Wildman–Crippen LogP) is 2.41. The van der Waals surface area contributed by atoms with Crippen molar-refractivity contribution in [3.05, 3.63) is 37.8 Å². The molecule has 0 aliphatic rings. The SMILES string of the molecule is CCOC(=O)c1ccc(C#N)c(Br)c1[N+](=O)[O-]. The first-order valence-electron chi connectivity index (χ1n) is 4.57. The van der Waals surface area contributed by atoms with Crippen LogP contribution >= 0.6 is 15.9 Å². The normalized spacial score (nSPS) is 9.47. The molecule has 0 aliphatic carbocycles. The van der Waals surface area contributed by atoms with Gasteiger partial charge in [0.15, 0.2) is 0 Å². The summed E-state index contributed by atoms with van der Waals surface area (Å²) < 4.78 is 4.68. The van der Waals surface area contributed by atoms with Gasteiger partial charge in [-0.2, -0.15) is 5.26 Å². The van der Waals surface area contributed by atoms with Gasteiger partial charge in [0, 0.05) is 0 Å². The van der Waals surface area contributed by atoms with Crippen molar-refractivity contribution in [2.45, 2.75) is 6.92 Å². The number of hydrogen-bond acceptors (Lipinski definition) is 5. The monoisotopic (exact) mass is 298 g/mol. The van der Waals surface area contributed by atoms with Gasteiger partial charge in [-0.25, -0.2) is 4.79 Å². The second kappa shape index (κ2) is 5.41. The summed E-state index contributed by atoms with van der Waals surface area (Å²) in [6.07, 6.45) is 0. The largest absolute Gasteiger partial charge is 0.462 e. The Morgan fingerprint density at radius 1 is 1.65 bits per heavy atom. The lowest BCUT2D eigenvalue weighted by Crippen LogP contribution is -2.09. The summed E-state index contributed by atoms with van der Waals surface area (Å²) in [6.45, 7) is 1.72. The second-order valence-corrected chi connectivity index (χ2v) is 3.71. The van der Waals surface area contributed by atoms with Crippen LogP contribution in [0.25, 0.3) is 0 Å². The molecule has 0 heterocycles. The van der Waals surface area contributed by atoms with E-state index >= 15 is 0 Å². The first-order valence-corrected chi connectivity index (χ1v) is 5.36. The number of rotatable bonds is 3. The molecule has 0 spiro atoms. The van der Waals surface area contributed by atoms with E-state index in [-0.39, 0.29) is 22.2 Å². The lowest BCUT2D eigenvalue weighted by Gasteiger charge is -2.05. The topological polar surface area (TPSA) is 93.2 Å². The molecule has 0 aromatic heterocycles. The highest BCUT2D eigenvalue weighted by Gasteiger charge is 2.26. The number of carbonyl (C=O) groups excluding carboxylic acids is 1. The number of hydrogen-bond donors (Lipinski definition) is 0. The minimum atomic E-state index is -0.788. The Morgan fingerprint density at radius 3 is 2.76 bits per heavy atom. The van der Waals surface area contributed by atoms with E-state index < -0.39 is 16.6 Å². The summed E-state index contributed by atoms with van der Waals surface area (Å²) in [4.78, 5) is 21.6. The molecule has 1 aromatic carbocycles. The molecule has 0 radical (unpaired) electrons. The maximum Gasteiger partial charge on any atom is 0.345 e. The summed E-state index contributed by atoms with van der Waals surface area (Å²) in [6, 6.07) is 4.32. The fourth-order valence-electron chi connectivity index (χ4n) is 1.20. The van der Waals surface area contributed by atoms with Crippen LogP contribution in [0.5, 0.6) is 0 Å². The van der Waals surface area contributed by atoms with E-state index in [1.54, 1.807) is 13.0 Å². The van der Waals surface area contributed by atoms with Crippen LogP contribution < -0.4 is 0 Å². The van der Waals surface area contributed by atoms with E-state index in [0.717, 1.165) is 0 Å². The number of benzene rings is 1. The Labute approximate surface area is 105 Å². The van der Waals surface area contributed by atoms with E-state index in [0.29, 0.717) is 0 Å². The van der Waals surface area contributed by atoms with Crippen molar-refractivity contribution in [3.8, 4) is 6.07 Å². The fraction of sp³-hybridized carbons (Fsp3) is 0.200. The van der Waals surface area contributed by atoms with Crippen LogP contribution in [0.3, 0.4) is 0 Å². The predicted molar refractivity (Wildman–Crippen MR) is 61.5 cm³/mol. The van der Waals surface area contributed by atoms with Gasteiger partial charge < -0.3 is 4.74 Å². The van der Waals surface area contributed by atoms with Gasteiger partial charge in [-0.3, -0.25) is 10.1 Å². The van der Waals surface area contributed by atoms with Crippen LogP contribution in [-0.2, 0) is 4.74 Å². The van der Waals surface area contributed by atoms with Gasteiger partial charge in [0.2, 0.25) is 0 Å². The molecule has 0 unspecified atom stereocenters. The Kier molecular flexibility index (Phi) is 4.17. The quantitative estimate of drug-likeness (QED) is 0.485. The molecule has 1 aromatic rings. The molecule has 6 nitrogen and oxygen atoms in total. The highest BCUT2D eigenvalue weighted by atomic mass is 79.9. The second-order valence-electron chi connectivity index (χ2n) is 2.91. The molecule has 17 heavy (non-hydrogen) atoms. The minimum Gasteiger partial charge on any atom is -0.462 e. The van der Waals surface area contributed by atoms with Gasteiger partial charge in [-0.1, -0.05) is 0 Å². The average Bonchev–Trinajstić information content (AvgIpc) is 2.28. The number of nitro groups is 1. The molecule has 0 saturated carbocycles. The first-order chi connectivity index (χ1) is 8.02. The molecule has 0 atom stereocenters. The summed E-state index contributed by atoms with van der Waals surface area (Å²) in [5, 5.41) is 19.6. The highest BCUT2D eigenvalue weighted by Crippen LogP contribution is 2.32. The van der Waals surface area contributed by atoms with Crippen molar-refractivity contribution in [3.63, 3.8) is 0 Å². The van der Waals surface area contributed by atoms with E-state index in [4.69, 9.17) is 10.00 Å². The van der Waals surface area contributed by atoms with E-state index in [1.165, 1.54) is 12.1 Å². The van der Waals surface area contributed by atoms with Crippen LogP contribution in [0.1, 0.15) is 22.8 Å². The molecule has 1 rings (SSSR count). The third-order valence-electron chi connectivity index (χ3n) is 1.91. The van der Waals surface area contributed by atoms with Gasteiger partial charge in [-0.05, 0) is 35.0 Å². The van der Waals surface area contributed by atoms with Crippen LogP contribution in [-0.4, -0.2) is 17.5 Å². The summed E-state index contributed by atoms with van der Waals surface area (Å²) in [7, 11) is 0. The zero-order valence-corrected chi connectivity index (χ0v) is 10.4. The first kappa shape index (κ1) is 13.1. The third kappa shape index (κ3) is 2.60. The summed E-state index contributed by atoms with van der Waals surface area (Å²) in [5.74, 6) is -0.788. The zero-order chi connectivity index (χ0) is 13.0. The molecular weight excluding hydrogens is 292 g/mol. The molecule has 0 amide bonds. The maximum atomic E-state index is 11.5. The van der Waals surface area contributed by atoms with Crippen molar-refractivity contribution in [2.75, 3.05) is 6.61 Å². The number of esters is 1. The third-order valence-corrected chi connectivity index (χ3v) is 2.72. The lowest BCUT2D eigenvalue weighted by atomic mass is 10.1. The van der Waals surface area contributed by atoms with E-state index in [1.807, 2.05) is 0 Å². The molecule has 0 bridgehead atoms. The van der Waals surface area contributed by atoms with Crippen molar-refractivity contribution in [1.82, 2.24) is 0 Å². The Morgan fingerprint density at radius 2 is 2.29 bits per heavy atom. The Bertz CT molecular complexity index is 522. The van der Waals surface area contributed by atoms with Crippen LogP contribution in [0, 0.1) is 21.4 Å². The van der Waals surface area contributed by atoms with Crippen molar-refractivity contribution in [2.24, 2.45) is 0 Å². The van der Waals surface area contributed by atoms with Crippen LogP contribution in [0.15, 0.2) is 16.6 Å². The van der Waals surface area contributed by atoms with E-state index in [9.17, 15) is 14.9 Å². The van der Waals surface area contributed by atoms with Crippen molar-refractivity contribution >= 4 is 27.6 Å². The molecule has 7 heteroatoms. The maximum absolute atomic E-state index is 11.5. The molecule has 0 fully saturated rings. The highest BCUT2D eigenvalue weighted by molar-refractivity contribution is 9.10. The number of nitriles is 1. The molecule has 0 N–H and O–H groups in total. The van der Waals surface area contributed by atoms with Gasteiger partial charge in [-0.15, -0.1) is 0 Å². The number of nitro benzene ring substituents is 1. The number of ether oxygens (including phenoxy) is 1. The zero-order valence-electron chi connectivity index (χ0n) is 8.77. The molecule has 0 aliphatic heterocycles. The lowest BCUT2D eigenvalue weighted by molar-refractivity contribution is -0.386. The Balaban J connectivity index is 3.43. The smallest absolute Gasteiger partial charge is 0.345 e. The summed E-state index contributed by atoms with van der Waals surface area (Å²) in [5.41, 5.74) is -0.546. The molecule has 88 valence electrons. The van der Waals surface area contributed by atoms with Gasteiger partial charge in [0.05, 0.1) is 17.1 Å². The molecule has 0 saturated heterocycles. The average molecular weight is 299 g/mol. The minimum absolute atomic E-state index is 0.0180. The van der Waals surface area contributed by atoms with Crippen molar-refractivity contribution in [1.29, 1.82) is 5.26 Å². The van der Waals surface area contributed by atoms with Crippen LogP contribution in [0.4, 0.5) is 5.69 Å². The fourth-order valence-corrected chi connectivity index (χ4v) is 1.78. The standard InChI is InChI=1S/C10H7BrN2O4/c1-2-17-10(14)7-4-3-6(5-12)8(11)9(7)13(15)16/h3-4H,2H2,1H3. The number of nitrogens with zero attached hydrogens (tertiary/aromatic N) is 2. The van der Waals surface area contributed by atoms with Gasteiger partial charge in [0.1, 0.15) is 16.1 Å². The number of carbonyl (C=O) groups is 1. The Hall–Kier alpha value is -1.94. The van der Waals surface area contributed by atoms with Crippen molar-refractivity contribution < 1.29 is 14.5 Å². The summed E-state index contributed by atoms with van der Waals surface area (Å²) >= 11 is 2.94. The van der Waals surface area contributed by atoms with Gasteiger partial charge in [0.25, 0.3) is 5.69 Å². The van der Waals surface area contributed by atoms with E-state index in [2.05, 4.69) is 15.9 Å². The number of halogens is 1. The molecular formula is C10H7BrN2O4.